The van der Waals surface area contributed by atoms with Crippen LogP contribution in [0.4, 0.5) is 4.39 Å². The monoisotopic (exact) mass is 250 g/mol. The van der Waals surface area contributed by atoms with E-state index >= 15 is 0 Å². The number of hydrogen-bond donors (Lipinski definition) is 1. The third-order valence-electron chi connectivity index (χ3n) is 2.47. The Labute approximate surface area is 102 Å². The number of carboxylic acid groups (broad SMARTS) is 1. The highest BCUT2D eigenvalue weighted by Gasteiger charge is 2.17. The Morgan fingerprint density at radius 1 is 1.50 bits per heavy atom. The predicted octanol–water partition coefficient (Wildman–Crippen LogP) is 1.12. The summed E-state index contributed by atoms with van der Waals surface area (Å²) in [5.41, 5.74) is 1.04. The van der Waals surface area contributed by atoms with Crippen LogP contribution in [0.3, 0.4) is 0 Å². The Bertz CT molecular complexity index is 582. The Hall–Kier alpha value is -2.31. The van der Waals surface area contributed by atoms with Crippen molar-refractivity contribution < 1.29 is 14.3 Å². The van der Waals surface area contributed by atoms with E-state index < -0.39 is 11.8 Å². The van der Waals surface area contributed by atoms with E-state index in [1.54, 1.807) is 0 Å². The highest BCUT2D eigenvalue weighted by atomic mass is 19.1. The van der Waals surface area contributed by atoms with E-state index in [9.17, 15) is 9.18 Å². The van der Waals surface area contributed by atoms with Gasteiger partial charge in [0, 0.05) is 6.20 Å². The van der Waals surface area contributed by atoms with Crippen molar-refractivity contribution in [1.82, 2.24) is 20.0 Å². The fourth-order valence-electron chi connectivity index (χ4n) is 1.69. The van der Waals surface area contributed by atoms with Crippen LogP contribution in [0.25, 0.3) is 0 Å². The summed E-state index contributed by atoms with van der Waals surface area (Å²) in [6.07, 6.45) is 3.09. The summed E-state index contributed by atoms with van der Waals surface area (Å²) < 4.78 is 14.4. The Morgan fingerprint density at radius 2 is 2.28 bits per heavy atom. The molecule has 0 radical (unpaired) electrons. The number of aromatic carboxylic acids is 1. The van der Waals surface area contributed by atoms with Gasteiger partial charge in [-0.15, -0.1) is 5.10 Å². The first kappa shape index (κ1) is 12.2. The average molecular weight is 250 g/mol. The van der Waals surface area contributed by atoms with Crippen LogP contribution < -0.4 is 0 Å². The number of nitrogens with zero attached hydrogens (tertiary/aromatic N) is 4. The van der Waals surface area contributed by atoms with Gasteiger partial charge in [0.2, 0.25) is 0 Å². The minimum atomic E-state index is -1.12. The van der Waals surface area contributed by atoms with Crippen LogP contribution in [0, 0.1) is 5.82 Å². The van der Waals surface area contributed by atoms with E-state index in [1.165, 1.54) is 16.9 Å². The zero-order valence-electron chi connectivity index (χ0n) is 9.67. The Kier molecular flexibility index (Phi) is 3.31. The van der Waals surface area contributed by atoms with Gasteiger partial charge in [-0.05, 0) is 18.1 Å². The van der Waals surface area contributed by atoms with Gasteiger partial charge in [-0.2, -0.15) is 0 Å². The topological polar surface area (TPSA) is 80.9 Å². The van der Waals surface area contributed by atoms with Gasteiger partial charge in [-0.1, -0.05) is 12.1 Å². The molecular weight excluding hydrogens is 239 g/mol. The molecule has 2 rings (SSSR count). The standard InChI is InChI=1S/C11H11FN4O2/c1-2-9-10(11(17)18)14-15-16(9)6-7-3-8(12)5-13-4-7/h3-5H,2,6H2,1H3,(H,17,18). The predicted molar refractivity (Wildman–Crippen MR) is 59.7 cm³/mol. The van der Waals surface area contributed by atoms with Crippen molar-refractivity contribution >= 4 is 5.97 Å². The maximum Gasteiger partial charge on any atom is 0.358 e. The highest BCUT2D eigenvalue weighted by molar-refractivity contribution is 5.86. The lowest BCUT2D eigenvalue weighted by molar-refractivity contribution is 0.0689. The number of carboxylic acids is 1. The normalized spacial score (nSPS) is 10.6. The van der Waals surface area contributed by atoms with Crippen molar-refractivity contribution in [2.45, 2.75) is 19.9 Å². The molecule has 6 nitrogen and oxygen atoms in total. The molecule has 1 N–H and O–H groups in total. The van der Waals surface area contributed by atoms with Gasteiger partial charge >= 0.3 is 5.97 Å². The van der Waals surface area contributed by atoms with Gasteiger partial charge in [-0.3, -0.25) is 4.98 Å². The third kappa shape index (κ3) is 2.34. The minimum absolute atomic E-state index is 0.0677. The van der Waals surface area contributed by atoms with E-state index in [2.05, 4.69) is 15.3 Å². The summed E-state index contributed by atoms with van der Waals surface area (Å²) in [4.78, 5) is 14.6. The summed E-state index contributed by atoms with van der Waals surface area (Å²) >= 11 is 0. The Morgan fingerprint density at radius 3 is 2.89 bits per heavy atom. The number of rotatable bonds is 4. The summed E-state index contributed by atoms with van der Waals surface area (Å²) in [7, 11) is 0. The lowest BCUT2D eigenvalue weighted by atomic mass is 10.2. The number of aromatic nitrogens is 4. The smallest absolute Gasteiger partial charge is 0.358 e. The number of halogens is 1. The number of hydrogen-bond acceptors (Lipinski definition) is 4. The molecule has 94 valence electrons. The van der Waals surface area contributed by atoms with E-state index in [0.29, 0.717) is 17.7 Å². The Balaban J connectivity index is 2.32. The molecule has 0 saturated carbocycles. The van der Waals surface area contributed by atoms with Gasteiger partial charge in [0.1, 0.15) is 5.82 Å². The van der Waals surface area contributed by atoms with Crippen LogP contribution >= 0.6 is 0 Å². The van der Waals surface area contributed by atoms with Gasteiger partial charge in [0.25, 0.3) is 0 Å². The largest absolute Gasteiger partial charge is 0.476 e. The molecular formula is C11H11FN4O2. The second-order valence-corrected chi connectivity index (χ2v) is 3.71. The van der Waals surface area contributed by atoms with Gasteiger partial charge in [0.15, 0.2) is 5.69 Å². The van der Waals surface area contributed by atoms with Crippen LogP contribution in [0.15, 0.2) is 18.5 Å². The van der Waals surface area contributed by atoms with Crippen LogP contribution in [0.5, 0.6) is 0 Å². The molecule has 0 amide bonds. The fourth-order valence-corrected chi connectivity index (χ4v) is 1.69. The van der Waals surface area contributed by atoms with E-state index in [-0.39, 0.29) is 12.2 Å². The lowest BCUT2D eigenvalue weighted by Gasteiger charge is -2.04. The number of carbonyl (C=O) groups is 1. The average Bonchev–Trinajstić information content (AvgIpc) is 2.72. The van der Waals surface area contributed by atoms with Crippen molar-refractivity contribution in [2.24, 2.45) is 0 Å². The first-order valence-electron chi connectivity index (χ1n) is 5.37. The molecule has 0 aliphatic heterocycles. The number of pyridine rings is 1. The second-order valence-electron chi connectivity index (χ2n) is 3.71. The molecule has 2 aromatic rings. The molecule has 0 saturated heterocycles. The first-order valence-corrected chi connectivity index (χ1v) is 5.37. The summed E-state index contributed by atoms with van der Waals surface area (Å²) in [6.45, 7) is 2.06. The van der Waals surface area contributed by atoms with Gasteiger partial charge in [-0.25, -0.2) is 13.9 Å². The molecule has 0 aromatic carbocycles. The van der Waals surface area contributed by atoms with E-state index in [4.69, 9.17) is 5.11 Å². The van der Waals surface area contributed by atoms with Crippen LogP contribution in [0.2, 0.25) is 0 Å². The van der Waals surface area contributed by atoms with Crippen molar-refractivity contribution in [1.29, 1.82) is 0 Å². The zero-order chi connectivity index (χ0) is 13.1. The summed E-state index contributed by atoms with van der Waals surface area (Å²) in [5, 5.41) is 16.3. The molecule has 7 heteroatoms. The van der Waals surface area contributed by atoms with Crippen LogP contribution in [-0.4, -0.2) is 31.1 Å². The first-order chi connectivity index (χ1) is 8.61. The van der Waals surface area contributed by atoms with Crippen LogP contribution in [0.1, 0.15) is 28.7 Å². The molecule has 0 unspecified atom stereocenters. The van der Waals surface area contributed by atoms with E-state index in [0.717, 1.165) is 6.20 Å². The van der Waals surface area contributed by atoms with Gasteiger partial charge in [0.05, 0.1) is 18.4 Å². The molecule has 0 fully saturated rings. The van der Waals surface area contributed by atoms with Crippen LogP contribution in [-0.2, 0) is 13.0 Å². The zero-order valence-corrected chi connectivity index (χ0v) is 9.67. The summed E-state index contributed by atoms with van der Waals surface area (Å²) in [6, 6.07) is 1.33. The van der Waals surface area contributed by atoms with E-state index in [1.807, 2.05) is 6.92 Å². The quantitative estimate of drug-likeness (QED) is 0.879. The summed E-state index contributed by atoms with van der Waals surface area (Å²) in [5.74, 6) is -1.56. The molecule has 2 heterocycles. The molecule has 0 bridgehead atoms. The molecule has 0 aliphatic carbocycles. The fraction of sp³-hybridized carbons (Fsp3) is 0.273. The SMILES string of the molecule is CCc1c(C(=O)O)nnn1Cc1cncc(F)c1. The van der Waals surface area contributed by atoms with Crippen molar-refractivity contribution in [2.75, 3.05) is 0 Å². The van der Waals surface area contributed by atoms with Crippen molar-refractivity contribution in [3.63, 3.8) is 0 Å². The molecule has 0 atom stereocenters. The van der Waals surface area contributed by atoms with Gasteiger partial charge < -0.3 is 5.11 Å². The molecule has 0 spiro atoms. The third-order valence-corrected chi connectivity index (χ3v) is 2.47. The lowest BCUT2D eigenvalue weighted by Crippen LogP contribution is -2.09. The molecule has 2 aromatic heterocycles. The maximum absolute atomic E-state index is 13.0. The highest BCUT2D eigenvalue weighted by Crippen LogP contribution is 2.10. The second kappa shape index (κ2) is 4.91. The molecule has 0 aliphatic rings. The minimum Gasteiger partial charge on any atom is -0.476 e. The molecule has 18 heavy (non-hydrogen) atoms. The van der Waals surface area contributed by atoms with Crippen molar-refractivity contribution in [3.05, 3.63) is 41.2 Å². The van der Waals surface area contributed by atoms with Crippen molar-refractivity contribution in [3.8, 4) is 0 Å². The maximum atomic E-state index is 13.0.